The zero-order valence-electron chi connectivity index (χ0n) is 16.4. The van der Waals surface area contributed by atoms with Crippen molar-refractivity contribution < 1.29 is 9.53 Å². The van der Waals surface area contributed by atoms with E-state index in [-0.39, 0.29) is 12.5 Å². The molecule has 29 heavy (non-hydrogen) atoms. The highest BCUT2D eigenvalue weighted by atomic mass is 16.5. The van der Waals surface area contributed by atoms with Gasteiger partial charge < -0.3 is 9.64 Å². The van der Waals surface area contributed by atoms with Crippen molar-refractivity contribution >= 4 is 5.91 Å². The van der Waals surface area contributed by atoms with Crippen LogP contribution < -0.4 is 4.74 Å². The number of aromatic nitrogens is 4. The van der Waals surface area contributed by atoms with E-state index in [2.05, 4.69) is 20.4 Å². The average Bonchev–Trinajstić information content (AvgIpc) is 3.22. The van der Waals surface area contributed by atoms with Gasteiger partial charge in [0.15, 0.2) is 12.4 Å². The van der Waals surface area contributed by atoms with Crippen LogP contribution in [0.1, 0.15) is 11.4 Å². The van der Waals surface area contributed by atoms with Crippen LogP contribution in [0.5, 0.6) is 5.75 Å². The Morgan fingerprint density at radius 2 is 1.72 bits per heavy atom. The number of nitrogens with zero attached hydrogens (tertiary/aromatic N) is 6. The molecule has 0 spiro atoms. The number of para-hydroxylation sites is 1. The summed E-state index contributed by atoms with van der Waals surface area (Å²) in [5.41, 5.74) is 2.10. The van der Waals surface area contributed by atoms with Crippen LogP contribution in [-0.4, -0.2) is 68.7 Å². The predicted molar refractivity (Wildman–Crippen MR) is 108 cm³/mol. The van der Waals surface area contributed by atoms with Crippen molar-refractivity contribution in [1.29, 1.82) is 0 Å². The lowest BCUT2D eigenvalue weighted by molar-refractivity contribution is -0.135. The Hall–Kier alpha value is -3.26. The first kappa shape index (κ1) is 19.1. The molecule has 2 heterocycles. The molecule has 1 aliphatic rings. The predicted octanol–water partition coefficient (Wildman–Crippen LogP) is 1.69. The molecule has 0 aliphatic carbocycles. The zero-order valence-corrected chi connectivity index (χ0v) is 16.4. The molecule has 0 atom stereocenters. The second-order valence-corrected chi connectivity index (χ2v) is 7.10. The number of hydrogen-bond donors (Lipinski definition) is 0. The Bertz CT molecular complexity index is 933. The second kappa shape index (κ2) is 8.83. The highest BCUT2D eigenvalue weighted by molar-refractivity contribution is 5.77. The number of ether oxygens (including phenoxy) is 1. The lowest BCUT2D eigenvalue weighted by atomic mass is 10.2. The molecule has 0 bridgehead atoms. The van der Waals surface area contributed by atoms with Gasteiger partial charge in [0.2, 0.25) is 0 Å². The van der Waals surface area contributed by atoms with E-state index in [1.807, 2.05) is 66.4 Å². The maximum atomic E-state index is 12.4. The number of hydrogen-bond acceptors (Lipinski definition) is 6. The first-order valence-electron chi connectivity index (χ1n) is 9.71. The minimum Gasteiger partial charge on any atom is -0.484 e. The summed E-state index contributed by atoms with van der Waals surface area (Å²) in [5, 5.41) is 12.1. The first-order valence-corrected chi connectivity index (χ1v) is 9.71. The molecule has 4 rings (SSSR count). The van der Waals surface area contributed by atoms with Gasteiger partial charge in [0.05, 0.1) is 12.2 Å². The molecular weight excluding hydrogens is 368 g/mol. The summed E-state index contributed by atoms with van der Waals surface area (Å²) in [7, 11) is 0. The summed E-state index contributed by atoms with van der Waals surface area (Å²) in [5.74, 6) is 1.52. The number of carbonyl (C=O) groups is 1. The summed E-state index contributed by atoms with van der Waals surface area (Å²) in [6, 6.07) is 17.6. The number of amides is 1. The monoisotopic (exact) mass is 392 g/mol. The minimum atomic E-state index is 0.0133. The summed E-state index contributed by atoms with van der Waals surface area (Å²) in [6.45, 7) is 5.62. The molecule has 1 saturated heterocycles. The number of tetrazole rings is 1. The van der Waals surface area contributed by atoms with Crippen LogP contribution in [0.4, 0.5) is 0 Å². The third-order valence-electron chi connectivity index (χ3n) is 5.01. The quantitative estimate of drug-likeness (QED) is 0.636. The molecule has 8 nitrogen and oxygen atoms in total. The van der Waals surface area contributed by atoms with Gasteiger partial charge in [-0.2, -0.15) is 4.68 Å². The second-order valence-electron chi connectivity index (χ2n) is 7.10. The molecule has 1 amide bonds. The van der Waals surface area contributed by atoms with Gasteiger partial charge in [-0.05, 0) is 41.6 Å². The number of benzene rings is 2. The van der Waals surface area contributed by atoms with Crippen LogP contribution in [0, 0.1) is 6.92 Å². The van der Waals surface area contributed by atoms with E-state index in [0.717, 1.165) is 35.9 Å². The summed E-state index contributed by atoms with van der Waals surface area (Å²) < 4.78 is 7.38. The molecule has 0 radical (unpaired) electrons. The van der Waals surface area contributed by atoms with E-state index in [1.54, 1.807) is 4.68 Å². The number of piperazine rings is 1. The van der Waals surface area contributed by atoms with E-state index < -0.39 is 0 Å². The average molecular weight is 392 g/mol. The van der Waals surface area contributed by atoms with Crippen LogP contribution in [0.2, 0.25) is 0 Å². The summed E-state index contributed by atoms with van der Waals surface area (Å²) >= 11 is 0. The smallest absolute Gasteiger partial charge is 0.260 e. The number of carbonyl (C=O) groups excluding carboxylic acids is 1. The van der Waals surface area contributed by atoms with Gasteiger partial charge in [-0.15, -0.1) is 5.10 Å². The van der Waals surface area contributed by atoms with E-state index in [1.165, 1.54) is 0 Å². The molecule has 1 aromatic heterocycles. The zero-order chi connectivity index (χ0) is 20.1. The van der Waals surface area contributed by atoms with Gasteiger partial charge in [0.1, 0.15) is 5.75 Å². The van der Waals surface area contributed by atoms with Gasteiger partial charge >= 0.3 is 0 Å². The normalized spacial score (nSPS) is 14.7. The molecule has 2 aromatic carbocycles. The molecule has 3 aromatic rings. The molecule has 8 heteroatoms. The van der Waals surface area contributed by atoms with Crippen molar-refractivity contribution in [3.05, 3.63) is 66.0 Å². The maximum absolute atomic E-state index is 12.4. The van der Waals surface area contributed by atoms with Crippen molar-refractivity contribution in [3.63, 3.8) is 0 Å². The van der Waals surface area contributed by atoms with Crippen molar-refractivity contribution in [2.24, 2.45) is 0 Å². The van der Waals surface area contributed by atoms with Gasteiger partial charge in [-0.25, -0.2) is 0 Å². The molecule has 0 N–H and O–H groups in total. The fourth-order valence-corrected chi connectivity index (χ4v) is 3.30. The highest BCUT2D eigenvalue weighted by Gasteiger charge is 2.23. The molecule has 0 saturated carbocycles. The lowest BCUT2D eigenvalue weighted by Gasteiger charge is -2.34. The van der Waals surface area contributed by atoms with Gasteiger partial charge in [-0.1, -0.05) is 35.9 Å². The number of rotatable bonds is 6. The topological polar surface area (TPSA) is 76.4 Å². The van der Waals surface area contributed by atoms with Crippen molar-refractivity contribution in [3.8, 4) is 11.4 Å². The van der Waals surface area contributed by atoms with Gasteiger partial charge in [-0.3, -0.25) is 9.69 Å². The third-order valence-corrected chi connectivity index (χ3v) is 5.01. The van der Waals surface area contributed by atoms with Crippen LogP contribution >= 0.6 is 0 Å². The van der Waals surface area contributed by atoms with Gasteiger partial charge in [0, 0.05) is 26.2 Å². The molecule has 150 valence electrons. The highest BCUT2D eigenvalue weighted by Crippen LogP contribution is 2.13. The van der Waals surface area contributed by atoms with E-state index in [9.17, 15) is 4.79 Å². The minimum absolute atomic E-state index is 0.0133. The maximum Gasteiger partial charge on any atom is 0.260 e. The SMILES string of the molecule is Cc1ccc(OCC(=O)N2CCN(Cc3nnnn3-c3ccccc3)CC2)cc1. The first-order chi connectivity index (χ1) is 14.2. The molecular formula is C21H24N6O2. The number of aryl methyl sites for hydroxylation is 1. The van der Waals surface area contributed by atoms with E-state index >= 15 is 0 Å². The van der Waals surface area contributed by atoms with Crippen LogP contribution in [0.3, 0.4) is 0 Å². The third kappa shape index (κ3) is 4.78. The standard InChI is InChI=1S/C21H24N6O2/c1-17-7-9-19(10-8-17)29-16-21(28)26-13-11-25(12-14-26)15-20-22-23-24-27(20)18-5-3-2-4-6-18/h2-10H,11-16H2,1H3. The van der Waals surface area contributed by atoms with Crippen molar-refractivity contribution in [1.82, 2.24) is 30.0 Å². The fraction of sp³-hybridized carbons (Fsp3) is 0.333. The Balaban J connectivity index is 1.27. The van der Waals surface area contributed by atoms with E-state index in [0.29, 0.717) is 19.6 Å². The van der Waals surface area contributed by atoms with Crippen LogP contribution in [0.25, 0.3) is 5.69 Å². The molecule has 1 aliphatic heterocycles. The van der Waals surface area contributed by atoms with Crippen molar-refractivity contribution in [2.75, 3.05) is 32.8 Å². The van der Waals surface area contributed by atoms with Crippen LogP contribution in [0.15, 0.2) is 54.6 Å². The van der Waals surface area contributed by atoms with Crippen LogP contribution in [-0.2, 0) is 11.3 Å². The van der Waals surface area contributed by atoms with Crippen molar-refractivity contribution in [2.45, 2.75) is 13.5 Å². The molecule has 0 unspecified atom stereocenters. The van der Waals surface area contributed by atoms with E-state index in [4.69, 9.17) is 4.74 Å². The Labute approximate surface area is 169 Å². The Kier molecular flexibility index (Phi) is 5.81. The van der Waals surface area contributed by atoms with Gasteiger partial charge in [0.25, 0.3) is 5.91 Å². The Morgan fingerprint density at radius 1 is 1.00 bits per heavy atom. The molecule has 1 fully saturated rings. The summed E-state index contributed by atoms with van der Waals surface area (Å²) in [6.07, 6.45) is 0. The largest absolute Gasteiger partial charge is 0.484 e. The Morgan fingerprint density at radius 3 is 2.45 bits per heavy atom. The lowest BCUT2D eigenvalue weighted by Crippen LogP contribution is -2.49. The summed E-state index contributed by atoms with van der Waals surface area (Å²) in [4.78, 5) is 16.6. The fourth-order valence-electron chi connectivity index (χ4n) is 3.30.